The highest BCUT2D eigenvalue weighted by atomic mass is 79.9. The predicted octanol–water partition coefficient (Wildman–Crippen LogP) is 3.74. The number of pyridine rings is 1. The van der Waals surface area contributed by atoms with E-state index in [9.17, 15) is 0 Å². The van der Waals surface area contributed by atoms with Crippen molar-refractivity contribution in [2.45, 2.75) is 5.88 Å². The summed E-state index contributed by atoms with van der Waals surface area (Å²) < 4.78 is 1.04. The number of nitrogens with zero attached hydrogens (tertiary/aromatic N) is 1. The van der Waals surface area contributed by atoms with Crippen LogP contribution in [0.15, 0.2) is 34.9 Å². The lowest BCUT2D eigenvalue weighted by Gasteiger charge is -2.02. The average molecular weight is 257 g/mol. The molecule has 0 saturated carbocycles. The van der Waals surface area contributed by atoms with Gasteiger partial charge >= 0.3 is 0 Å². The van der Waals surface area contributed by atoms with Crippen molar-refractivity contribution in [3.8, 4) is 0 Å². The molecular weight excluding hydrogens is 249 g/mol. The number of alkyl halides is 1. The summed E-state index contributed by atoms with van der Waals surface area (Å²) >= 11 is 9.21. The fourth-order valence-electron chi connectivity index (χ4n) is 1.30. The van der Waals surface area contributed by atoms with Gasteiger partial charge in [-0.15, -0.1) is 11.6 Å². The van der Waals surface area contributed by atoms with E-state index >= 15 is 0 Å². The molecule has 0 radical (unpaired) electrons. The van der Waals surface area contributed by atoms with Gasteiger partial charge in [0, 0.05) is 21.9 Å². The molecule has 2 aromatic rings. The van der Waals surface area contributed by atoms with Gasteiger partial charge in [0.1, 0.15) is 0 Å². The summed E-state index contributed by atoms with van der Waals surface area (Å²) in [5.41, 5.74) is 2.10. The van der Waals surface area contributed by atoms with Gasteiger partial charge in [-0.1, -0.05) is 22.0 Å². The quantitative estimate of drug-likeness (QED) is 0.708. The molecule has 1 heterocycles. The molecule has 3 heteroatoms. The van der Waals surface area contributed by atoms with Gasteiger partial charge in [0.05, 0.1) is 5.52 Å². The predicted molar refractivity (Wildman–Crippen MR) is 59.0 cm³/mol. The topological polar surface area (TPSA) is 12.9 Å². The summed E-state index contributed by atoms with van der Waals surface area (Å²) in [6.07, 6.45) is 1.78. The minimum Gasteiger partial charge on any atom is -0.256 e. The first-order valence-electron chi connectivity index (χ1n) is 3.90. The summed E-state index contributed by atoms with van der Waals surface area (Å²) in [5.74, 6) is 0.528. The zero-order chi connectivity index (χ0) is 9.26. The number of rotatable bonds is 1. The monoisotopic (exact) mass is 255 g/mol. The number of hydrogen-bond acceptors (Lipinski definition) is 1. The molecule has 0 aliphatic carbocycles. The number of aromatic nitrogens is 1. The van der Waals surface area contributed by atoms with E-state index in [0.717, 1.165) is 20.9 Å². The third kappa shape index (κ3) is 1.69. The second kappa shape index (κ2) is 3.64. The van der Waals surface area contributed by atoms with Crippen molar-refractivity contribution < 1.29 is 0 Å². The maximum Gasteiger partial charge on any atom is 0.0716 e. The lowest BCUT2D eigenvalue weighted by molar-refractivity contribution is 1.34. The molecule has 0 fully saturated rings. The maximum atomic E-state index is 5.81. The van der Waals surface area contributed by atoms with Crippen LogP contribution in [0.3, 0.4) is 0 Å². The molecule has 0 saturated heterocycles. The van der Waals surface area contributed by atoms with E-state index in [-0.39, 0.29) is 0 Å². The van der Waals surface area contributed by atoms with Crippen molar-refractivity contribution in [2.24, 2.45) is 0 Å². The van der Waals surface area contributed by atoms with E-state index in [1.807, 2.05) is 24.3 Å². The standard InChI is InChI=1S/C10H7BrClN/c11-8-1-2-9-7(6-12)3-4-13-10(9)5-8/h1-5H,6H2. The van der Waals surface area contributed by atoms with Gasteiger partial charge < -0.3 is 0 Å². The Kier molecular flexibility index (Phi) is 2.51. The Morgan fingerprint density at radius 1 is 1.31 bits per heavy atom. The van der Waals surface area contributed by atoms with Crippen LogP contribution in [0, 0.1) is 0 Å². The highest BCUT2D eigenvalue weighted by molar-refractivity contribution is 9.10. The fourth-order valence-corrected chi connectivity index (χ4v) is 1.88. The summed E-state index contributed by atoms with van der Waals surface area (Å²) in [6, 6.07) is 7.97. The molecule has 0 amide bonds. The molecule has 1 nitrogen and oxygen atoms in total. The summed E-state index contributed by atoms with van der Waals surface area (Å²) in [7, 11) is 0. The Hall–Kier alpha value is -0.600. The molecule has 66 valence electrons. The minimum atomic E-state index is 0.528. The Morgan fingerprint density at radius 3 is 2.92 bits per heavy atom. The molecule has 0 unspecified atom stereocenters. The average Bonchev–Trinajstić information content (AvgIpc) is 2.16. The van der Waals surface area contributed by atoms with Crippen molar-refractivity contribution in [1.82, 2.24) is 4.98 Å². The van der Waals surface area contributed by atoms with Crippen LogP contribution in [0.4, 0.5) is 0 Å². The fraction of sp³-hybridized carbons (Fsp3) is 0.100. The molecule has 0 atom stereocenters. The van der Waals surface area contributed by atoms with E-state index in [1.165, 1.54) is 0 Å². The van der Waals surface area contributed by atoms with Crippen LogP contribution < -0.4 is 0 Å². The third-order valence-corrected chi connectivity index (χ3v) is 2.72. The maximum absolute atomic E-state index is 5.81. The van der Waals surface area contributed by atoms with Crippen molar-refractivity contribution in [3.63, 3.8) is 0 Å². The van der Waals surface area contributed by atoms with Crippen LogP contribution in [-0.4, -0.2) is 4.98 Å². The summed E-state index contributed by atoms with van der Waals surface area (Å²) in [4.78, 5) is 4.26. The van der Waals surface area contributed by atoms with E-state index in [0.29, 0.717) is 5.88 Å². The highest BCUT2D eigenvalue weighted by Gasteiger charge is 2.00. The van der Waals surface area contributed by atoms with Crippen LogP contribution in [0.2, 0.25) is 0 Å². The van der Waals surface area contributed by atoms with E-state index in [1.54, 1.807) is 6.20 Å². The molecule has 1 aromatic carbocycles. The van der Waals surface area contributed by atoms with Gasteiger partial charge in [-0.25, -0.2) is 0 Å². The van der Waals surface area contributed by atoms with Crippen LogP contribution in [0.25, 0.3) is 10.9 Å². The van der Waals surface area contributed by atoms with Crippen molar-refractivity contribution in [1.29, 1.82) is 0 Å². The zero-order valence-electron chi connectivity index (χ0n) is 6.80. The number of fused-ring (bicyclic) bond motifs is 1. The SMILES string of the molecule is ClCc1ccnc2cc(Br)ccc12. The third-order valence-electron chi connectivity index (χ3n) is 1.94. The van der Waals surface area contributed by atoms with Crippen LogP contribution in [0.5, 0.6) is 0 Å². The molecule has 2 rings (SSSR count). The number of halogens is 2. The second-order valence-electron chi connectivity index (χ2n) is 2.77. The zero-order valence-corrected chi connectivity index (χ0v) is 9.14. The van der Waals surface area contributed by atoms with Gasteiger partial charge in [-0.3, -0.25) is 4.98 Å². The molecule has 0 N–H and O–H groups in total. The number of benzene rings is 1. The molecule has 1 aromatic heterocycles. The smallest absolute Gasteiger partial charge is 0.0716 e. The van der Waals surface area contributed by atoms with Gasteiger partial charge in [-0.05, 0) is 23.8 Å². The normalized spacial score (nSPS) is 10.6. The van der Waals surface area contributed by atoms with Crippen molar-refractivity contribution >= 4 is 38.4 Å². The highest BCUT2D eigenvalue weighted by Crippen LogP contribution is 2.21. The molecule has 0 aliphatic rings. The summed E-state index contributed by atoms with van der Waals surface area (Å²) in [5, 5.41) is 1.13. The van der Waals surface area contributed by atoms with Crippen molar-refractivity contribution in [3.05, 3.63) is 40.5 Å². The molecule has 0 spiro atoms. The lowest BCUT2D eigenvalue weighted by atomic mass is 10.1. The van der Waals surface area contributed by atoms with Gasteiger partial charge in [0.25, 0.3) is 0 Å². The van der Waals surface area contributed by atoms with Crippen molar-refractivity contribution in [2.75, 3.05) is 0 Å². The van der Waals surface area contributed by atoms with Crippen LogP contribution >= 0.6 is 27.5 Å². The van der Waals surface area contributed by atoms with E-state index in [4.69, 9.17) is 11.6 Å². The first-order valence-corrected chi connectivity index (χ1v) is 5.23. The minimum absolute atomic E-state index is 0.528. The van der Waals surface area contributed by atoms with Gasteiger partial charge in [-0.2, -0.15) is 0 Å². The Balaban J connectivity index is 2.77. The van der Waals surface area contributed by atoms with E-state index < -0.39 is 0 Å². The Labute approximate surface area is 89.9 Å². The largest absolute Gasteiger partial charge is 0.256 e. The molecule has 0 aliphatic heterocycles. The molecular formula is C10H7BrClN. The Morgan fingerprint density at radius 2 is 2.15 bits per heavy atom. The van der Waals surface area contributed by atoms with Crippen LogP contribution in [0.1, 0.15) is 5.56 Å². The number of hydrogen-bond donors (Lipinski definition) is 0. The molecule has 13 heavy (non-hydrogen) atoms. The van der Waals surface area contributed by atoms with E-state index in [2.05, 4.69) is 20.9 Å². The first kappa shape index (κ1) is 8.97. The summed E-state index contributed by atoms with van der Waals surface area (Å²) in [6.45, 7) is 0. The van der Waals surface area contributed by atoms with Gasteiger partial charge in [0.2, 0.25) is 0 Å². The first-order chi connectivity index (χ1) is 6.31. The lowest BCUT2D eigenvalue weighted by Crippen LogP contribution is -1.84. The molecule has 0 bridgehead atoms. The Bertz CT molecular complexity index is 442. The van der Waals surface area contributed by atoms with Crippen LogP contribution in [-0.2, 0) is 5.88 Å². The second-order valence-corrected chi connectivity index (χ2v) is 3.95. The van der Waals surface area contributed by atoms with Gasteiger partial charge in [0.15, 0.2) is 0 Å².